The monoisotopic (exact) mass is 433 g/mol. The number of sulfonamides is 1. The van der Waals surface area contributed by atoms with Gasteiger partial charge in [0.25, 0.3) is 0 Å². The highest BCUT2D eigenvalue weighted by Crippen LogP contribution is 2.24. The van der Waals surface area contributed by atoms with Crippen molar-refractivity contribution >= 4 is 39.1 Å². The second kappa shape index (κ2) is 8.66. The number of hydrogen-bond donors (Lipinski definition) is 0. The summed E-state index contributed by atoms with van der Waals surface area (Å²) in [5.74, 6) is -0.00858. The number of halogens is 2. The molecule has 1 amide bonds. The Morgan fingerprint density at radius 1 is 1.11 bits per heavy atom. The third-order valence-corrected chi connectivity index (χ3v) is 7.25. The topological polar surface area (TPSA) is 60.9 Å². The summed E-state index contributed by atoms with van der Waals surface area (Å²) in [6.45, 7) is 3.81. The fraction of sp³-hybridized carbons (Fsp3) is 0.611. The van der Waals surface area contributed by atoms with Crippen LogP contribution >= 0.6 is 23.2 Å². The highest BCUT2D eigenvalue weighted by Gasteiger charge is 2.35. The van der Waals surface area contributed by atoms with E-state index < -0.39 is 10.0 Å². The largest absolute Gasteiger partial charge is 0.335 e. The van der Waals surface area contributed by atoms with Crippen molar-refractivity contribution in [1.82, 2.24) is 14.1 Å². The fourth-order valence-electron chi connectivity index (χ4n) is 3.80. The van der Waals surface area contributed by atoms with E-state index in [4.69, 9.17) is 23.2 Å². The van der Waals surface area contributed by atoms with Gasteiger partial charge in [-0.1, -0.05) is 29.3 Å². The zero-order valence-electron chi connectivity index (χ0n) is 15.4. The van der Waals surface area contributed by atoms with E-state index in [9.17, 15) is 13.2 Å². The molecule has 0 saturated carbocycles. The molecule has 0 unspecified atom stereocenters. The summed E-state index contributed by atoms with van der Waals surface area (Å²) < 4.78 is 25.5. The number of amides is 1. The van der Waals surface area contributed by atoms with Gasteiger partial charge in [-0.25, -0.2) is 8.42 Å². The SMILES string of the molecule is CS(=O)(=O)N1CCN(C(=O)Cc2ccc(Cl)c(Cl)c2)[C@@H](CN2CCCC2)C1. The van der Waals surface area contributed by atoms with Gasteiger partial charge in [-0.15, -0.1) is 0 Å². The molecule has 0 N–H and O–H groups in total. The molecule has 0 aliphatic carbocycles. The Labute approximate surface area is 171 Å². The van der Waals surface area contributed by atoms with Crippen LogP contribution in [0.15, 0.2) is 18.2 Å². The number of nitrogens with zero attached hydrogens (tertiary/aromatic N) is 3. The number of likely N-dealkylation sites (tertiary alicyclic amines) is 1. The first-order chi connectivity index (χ1) is 12.7. The zero-order valence-corrected chi connectivity index (χ0v) is 17.7. The quantitative estimate of drug-likeness (QED) is 0.713. The van der Waals surface area contributed by atoms with E-state index in [1.165, 1.54) is 10.6 Å². The van der Waals surface area contributed by atoms with E-state index in [0.29, 0.717) is 36.2 Å². The van der Waals surface area contributed by atoms with Crippen molar-refractivity contribution in [2.45, 2.75) is 25.3 Å². The average molecular weight is 434 g/mol. The number of benzene rings is 1. The summed E-state index contributed by atoms with van der Waals surface area (Å²) in [5.41, 5.74) is 0.805. The van der Waals surface area contributed by atoms with Crippen LogP contribution in [0.5, 0.6) is 0 Å². The zero-order chi connectivity index (χ0) is 19.6. The molecule has 6 nitrogen and oxygen atoms in total. The molecule has 2 aliphatic heterocycles. The molecule has 0 radical (unpaired) electrons. The van der Waals surface area contributed by atoms with Gasteiger partial charge in [0, 0.05) is 26.2 Å². The van der Waals surface area contributed by atoms with Crippen LogP contribution < -0.4 is 0 Å². The maximum Gasteiger partial charge on any atom is 0.227 e. The minimum Gasteiger partial charge on any atom is -0.335 e. The first-order valence-corrected chi connectivity index (χ1v) is 11.8. The van der Waals surface area contributed by atoms with Gasteiger partial charge in [0.2, 0.25) is 15.9 Å². The third kappa shape index (κ3) is 5.35. The lowest BCUT2D eigenvalue weighted by atomic mass is 10.1. The molecule has 27 heavy (non-hydrogen) atoms. The summed E-state index contributed by atoms with van der Waals surface area (Å²) in [6.07, 6.45) is 3.76. The summed E-state index contributed by atoms with van der Waals surface area (Å²) in [6, 6.07) is 5.07. The van der Waals surface area contributed by atoms with Crippen LogP contribution in [0.25, 0.3) is 0 Å². The van der Waals surface area contributed by atoms with Crippen LogP contribution in [0.4, 0.5) is 0 Å². The molecule has 150 valence electrons. The third-order valence-electron chi connectivity index (χ3n) is 5.24. The number of piperazine rings is 1. The van der Waals surface area contributed by atoms with E-state index in [1.807, 2.05) is 4.90 Å². The second-order valence-corrected chi connectivity index (χ2v) is 10.1. The lowest BCUT2D eigenvalue weighted by Crippen LogP contribution is -2.59. The smallest absolute Gasteiger partial charge is 0.227 e. The number of carbonyl (C=O) groups excluding carboxylic acids is 1. The van der Waals surface area contributed by atoms with Gasteiger partial charge >= 0.3 is 0 Å². The maximum absolute atomic E-state index is 13.0. The van der Waals surface area contributed by atoms with Gasteiger partial charge in [0.15, 0.2) is 0 Å². The predicted molar refractivity (Wildman–Crippen MR) is 108 cm³/mol. The van der Waals surface area contributed by atoms with Crippen molar-refractivity contribution in [3.8, 4) is 0 Å². The standard InChI is InChI=1S/C18H25Cl2N3O3S/c1-27(25,26)22-8-9-23(15(13-22)12-21-6-2-3-7-21)18(24)11-14-4-5-16(19)17(20)10-14/h4-5,10,15H,2-3,6-9,11-13H2,1H3/t15-/m0/s1. The molecular formula is C18H25Cl2N3O3S. The fourth-order valence-corrected chi connectivity index (χ4v) is 4.98. The Balaban J connectivity index is 1.73. The van der Waals surface area contributed by atoms with Crippen LogP contribution in [0.1, 0.15) is 18.4 Å². The first kappa shape index (κ1) is 20.9. The van der Waals surface area contributed by atoms with E-state index in [0.717, 1.165) is 31.5 Å². The molecule has 3 rings (SSSR count). The van der Waals surface area contributed by atoms with E-state index in [2.05, 4.69) is 4.90 Å². The summed E-state index contributed by atoms with van der Waals surface area (Å²) >= 11 is 12.0. The highest BCUT2D eigenvalue weighted by molar-refractivity contribution is 7.88. The Bertz CT molecular complexity index is 797. The lowest BCUT2D eigenvalue weighted by molar-refractivity contribution is -0.135. The van der Waals surface area contributed by atoms with Gasteiger partial charge in [-0.2, -0.15) is 4.31 Å². The van der Waals surface area contributed by atoms with Gasteiger partial charge < -0.3 is 9.80 Å². The molecule has 9 heteroatoms. The molecule has 0 bridgehead atoms. The maximum atomic E-state index is 13.0. The average Bonchev–Trinajstić information content (AvgIpc) is 3.10. The highest BCUT2D eigenvalue weighted by atomic mass is 35.5. The van der Waals surface area contributed by atoms with Crippen molar-refractivity contribution in [1.29, 1.82) is 0 Å². The summed E-state index contributed by atoms with van der Waals surface area (Å²) in [5, 5.41) is 0.888. The lowest BCUT2D eigenvalue weighted by Gasteiger charge is -2.42. The summed E-state index contributed by atoms with van der Waals surface area (Å²) in [7, 11) is -3.27. The predicted octanol–water partition coefficient (Wildman–Crippen LogP) is 2.10. The van der Waals surface area contributed by atoms with Gasteiger partial charge in [-0.3, -0.25) is 4.79 Å². The van der Waals surface area contributed by atoms with Crippen molar-refractivity contribution in [3.63, 3.8) is 0 Å². The van der Waals surface area contributed by atoms with Crippen LogP contribution in [0.2, 0.25) is 10.0 Å². The Morgan fingerprint density at radius 3 is 2.44 bits per heavy atom. The van der Waals surface area contributed by atoms with Crippen molar-refractivity contribution in [3.05, 3.63) is 33.8 Å². The van der Waals surface area contributed by atoms with Gasteiger partial charge in [-0.05, 0) is 43.6 Å². The molecule has 2 saturated heterocycles. The minimum atomic E-state index is -3.27. The van der Waals surface area contributed by atoms with Crippen molar-refractivity contribution < 1.29 is 13.2 Å². The minimum absolute atomic E-state index is 0.00858. The molecule has 0 aromatic heterocycles. The Kier molecular flexibility index (Phi) is 6.69. The molecular weight excluding hydrogens is 409 g/mol. The van der Waals surface area contributed by atoms with Crippen LogP contribution in [0.3, 0.4) is 0 Å². The first-order valence-electron chi connectivity index (χ1n) is 9.15. The number of rotatable bonds is 5. The van der Waals surface area contributed by atoms with Crippen LogP contribution in [-0.2, 0) is 21.2 Å². The van der Waals surface area contributed by atoms with Crippen molar-refractivity contribution in [2.75, 3.05) is 45.5 Å². The van der Waals surface area contributed by atoms with Crippen LogP contribution in [0, 0.1) is 0 Å². The van der Waals surface area contributed by atoms with E-state index in [-0.39, 0.29) is 18.4 Å². The number of carbonyl (C=O) groups is 1. The van der Waals surface area contributed by atoms with E-state index in [1.54, 1.807) is 18.2 Å². The Hall–Kier alpha value is -0.860. The summed E-state index contributed by atoms with van der Waals surface area (Å²) in [4.78, 5) is 17.1. The number of hydrogen-bond acceptors (Lipinski definition) is 4. The Morgan fingerprint density at radius 2 is 1.81 bits per heavy atom. The van der Waals surface area contributed by atoms with Gasteiger partial charge in [0.05, 0.1) is 28.8 Å². The van der Waals surface area contributed by atoms with Gasteiger partial charge in [0.1, 0.15) is 0 Å². The van der Waals surface area contributed by atoms with Crippen LogP contribution in [-0.4, -0.2) is 80.0 Å². The molecule has 0 spiro atoms. The molecule has 2 heterocycles. The van der Waals surface area contributed by atoms with Crippen molar-refractivity contribution in [2.24, 2.45) is 0 Å². The molecule has 1 aromatic rings. The molecule has 2 fully saturated rings. The van der Waals surface area contributed by atoms with E-state index >= 15 is 0 Å². The molecule has 1 aromatic carbocycles. The second-order valence-electron chi connectivity index (χ2n) is 7.29. The molecule has 1 atom stereocenters. The molecule has 2 aliphatic rings. The normalized spacial score (nSPS) is 22.3.